The highest BCUT2D eigenvalue weighted by Crippen LogP contribution is 2.36. The summed E-state index contributed by atoms with van der Waals surface area (Å²) in [7, 11) is 0. The van der Waals surface area contributed by atoms with Gasteiger partial charge in [0.2, 0.25) is 0 Å². The molecule has 2 aromatic carbocycles. The minimum atomic E-state index is -0.419. The van der Waals surface area contributed by atoms with E-state index in [0.717, 1.165) is 5.69 Å². The molecule has 2 amide bonds. The number of nitrogens with one attached hydrogen (secondary N) is 2. The van der Waals surface area contributed by atoms with Crippen LogP contribution >= 0.6 is 0 Å². The molecule has 37 heavy (non-hydrogen) atoms. The first-order valence-electron chi connectivity index (χ1n) is 11.4. The predicted molar refractivity (Wildman–Crippen MR) is 125 cm³/mol. The molecule has 2 saturated heterocycles. The third-order valence-electron chi connectivity index (χ3n) is 6.10. The van der Waals surface area contributed by atoms with Gasteiger partial charge in [0.1, 0.15) is 36.7 Å². The zero-order valence-electron chi connectivity index (χ0n) is 19.2. The van der Waals surface area contributed by atoms with Crippen molar-refractivity contribution in [2.45, 2.75) is 24.3 Å². The largest absolute Gasteiger partial charge is 0.423 e. The zero-order chi connectivity index (χ0) is 25.2. The molecule has 4 atom stereocenters. The van der Waals surface area contributed by atoms with Gasteiger partial charge in [-0.1, -0.05) is 11.2 Å². The molecule has 2 fully saturated rings. The van der Waals surface area contributed by atoms with Crippen molar-refractivity contribution in [1.82, 2.24) is 40.3 Å². The van der Waals surface area contributed by atoms with Gasteiger partial charge < -0.3 is 24.8 Å². The summed E-state index contributed by atoms with van der Waals surface area (Å²) in [6, 6.07) is 15.0. The SMILES string of the molecule is N#Cc1cccc(NC(=O)N[C@H]2CO[C@H]3[C@@H]2OC[C@@H]3n2nnnc2Oc2ccc(-n3cncn3)cc2)c1. The minimum Gasteiger partial charge on any atom is -0.423 e. The summed E-state index contributed by atoms with van der Waals surface area (Å²) in [5.74, 6) is 0.541. The highest BCUT2D eigenvalue weighted by Gasteiger charge is 2.50. The smallest absolute Gasteiger partial charge is 0.341 e. The monoisotopic (exact) mass is 500 g/mol. The lowest BCUT2D eigenvalue weighted by Gasteiger charge is -2.18. The lowest BCUT2D eigenvalue weighted by Crippen LogP contribution is -2.45. The summed E-state index contributed by atoms with van der Waals surface area (Å²) in [6.07, 6.45) is 2.29. The zero-order valence-corrected chi connectivity index (χ0v) is 19.2. The molecule has 0 spiro atoms. The van der Waals surface area contributed by atoms with E-state index in [2.05, 4.69) is 36.2 Å². The molecule has 0 radical (unpaired) electrons. The highest BCUT2D eigenvalue weighted by atomic mass is 16.6. The minimum absolute atomic E-state index is 0.192. The Hall–Kier alpha value is -4.87. The second kappa shape index (κ2) is 9.64. The van der Waals surface area contributed by atoms with E-state index in [9.17, 15) is 4.79 Å². The van der Waals surface area contributed by atoms with Crippen molar-refractivity contribution in [2.24, 2.45) is 0 Å². The molecule has 2 aliphatic rings. The number of aromatic nitrogens is 7. The van der Waals surface area contributed by atoms with Gasteiger partial charge in [0.05, 0.1) is 36.6 Å². The fourth-order valence-electron chi connectivity index (χ4n) is 4.39. The number of urea groups is 1. The Bertz CT molecular complexity index is 1430. The maximum Gasteiger partial charge on any atom is 0.341 e. The van der Waals surface area contributed by atoms with Crippen molar-refractivity contribution in [2.75, 3.05) is 18.5 Å². The van der Waals surface area contributed by atoms with Crippen molar-refractivity contribution < 1.29 is 19.0 Å². The Morgan fingerprint density at radius 2 is 2.00 bits per heavy atom. The fraction of sp³-hybridized carbons (Fsp3) is 0.261. The first-order chi connectivity index (χ1) is 18.2. The molecule has 14 nitrogen and oxygen atoms in total. The van der Waals surface area contributed by atoms with E-state index in [1.165, 1.54) is 11.0 Å². The number of ether oxygens (including phenoxy) is 3. The molecule has 0 saturated carbocycles. The van der Waals surface area contributed by atoms with Gasteiger partial charge in [-0.2, -0.15) is 15.0 Å². The van der Waals surface area contributed by atoms with Gasteiger partial charge >= 0.3 is 12.0 Å². The van der Waals surface area contributed by atoms with E-state index in [0.29, 0.717) is 17.0 Å². The first-order valence-corrected chi connectivity index (χ1v) is 11.4. The van der Waals surface area contributed by atoms with Crippen LogP contribution in [0.25, 0.3) is 5.69 Å². The van der Waals surface area contributed by atoms with Crippen LogP contribution in [0.5, 0.6) is 11.8 Å². The van der Waals surface area contributed by atoms with Gasteiger partial charge in [-0.15, -0.1) is 0 Å². The average Bonchev–Trinajstić information content (AvgIpc) is 3.71. The third kappa shape index (κ3) is 4.56. The van der Waals surface area contributed by atoms with Crippen LogP contribution < -0.4 is 15.4 Å². The lowest BCUT2D eigenvalue weighted by atomic mass is 10.1. The van der Waals surface area contributed by atoms with E-state index in [4.69, 9.17) is 19.5 Å². The standard InChI is InChI=1S/C23H20N10O4/c24-9-14-2-1-3-15(8-14)27-22(34)28-18-10-35-21-19(11-36-20(18)21)33-23(29-30-31-33)37-17-6-4-16(5-7-17)32-13-25-12-26-32/h1-8,12-13,18-21H,10-11H2,(H2,27,28,34)/t18-,19-,20+,21+/m0/s1. The number of tetrazole rings is 1. The highest BCUT2D eigenvalue weighted by molar-refractivity contribution is 5.89. The van der Waals surface area contributed by atoms with Gasteiger partial charge in [-0.25, -0.2) is 14.5 Å². The fourth-order valence-corrected chi connectivity index (χ4v) is 4.39. The molecule has 0 bridgehead atoms. The number of hydrogen-bond acceptors (Lipinski definition) is 10. The van der Waals surface area contributed by atoms with Gasteiger partial charge in [0.25, 0.3) is 0 Å². The number of rotatable bonds is 6. The van der Waals surface area contributed by atoms with Crippen LogP contribution in [0.4, 0.5) is 10.5 Å². The number of carbonyl (C=O) groups excluding carboxylic acids is 1. The summed E-state index contributed by atoms with van der Waals surface area (Å²) in [5, 5.41) is 30.6. The Balaban J connectivity index is 1.09. The van der Waals surface area contributed by atoms with Crippen molar-refractivity contribution in [3.8, 4) is 23.5 Å². The van der Waals surface area contributed by atoms with E-state index in [-0.39, 0.29) is 43.5 Å². The number of carbonyl (C=O) groups is 1. The van der Waals surface area contributed by atoms with E-state index >= 15 is 0 Å². The molecule has 14 heteroatoms. The Kier molecular flexibility index (Phi) is 5.89. The van der Waals surface area contributed by atoms with Crippen LogP contribution in [0.1, 0.15) is 11.6 Å². The van der Waals surface area contributed by atoms with Gasteiger partial charge in [-0.05, 0) is 52.9 Å². The summed E-state index contributed by atoms with van der Waals surface area (Å²) in [5.41, 5.74) is 1.80. The summed E-state index contributed by atoms with van der Waals surface area (Å²) < 4.78 is 21.1. The van der Waals surface area contributed by atoms with Gasteiger partial charge in [0, 0.05) is 5.69 Å². The Morgan fingerprint density at radius 1 is 1.14 bits per heavy atom. The molecule has 2 aromatic heterocycles. The van der Waals surface area contributed by atoms with Crippen molar-refractivity contribution in [3.63, 3.8) is 0 Å². The van der Waals surface area contributed by atoms with Crippen LogP contribution in [-0.2, 0) is 9.47 Å². The van der Waals surface area contributed by atoms with E-state index < -0.39 is 6.03 Å². The van der Waals surface area contributed by atoms with Gasteiger partial charge in [-0.3, -0.25) is 0 Å². The second-order valence-electron chi connectivity index (χ2n) is 8.40. The molecule has 0 aliphatic carbocycles. The molecule has 4 aromatic rings. The Morgan fingerprint density at radius 3 is 2.81 bits per heavy atom. The number of fused-ring (bicyclic) bond motifs is 1. The molecule has 2 N–H and O–H groups in total. The lowest BCUT2D eigenvalue weighted by molar-refractivity contribution is 0.0613. The van der Waals surface area contributed by atoms with Crippen LogP contribution in [0.3, 0.4) is 0 Å². The molecule has 6 rings (SSSR count). The first kappa shape index (κ1) is 22.6. The van der Waals surface area contributed by atoms with Crippen LogP contribution in [-0.4, -0.2) is 72.5 Å². The molecule has 0 unspecified atom stereocenters. The van der Waals surface area contributed by atoms with Gasteiger partial charge in [0.15, 0.2) is 0 Å². The number of anilines is 1. The number of benzene rings is 2. The molecular weight excluding hydrogens is 480 g/mol. The quantitative estimate of drug-likeness (QED) is 0.395. The third-order valence-corrected chi connectivity index (χ3v) is 6.10. The van der Waals surface area contributed by atoms with Crippen molar-refractivity contribution >= 4 is 11.7 Å². The maximum atomic E-state index is 12.5. The summed E-state index contributed by atoms with van der Waals surface area (Å²) in [4.78, 5) is 16.5. The Labute approximate surface area is 209 Å². The second-order valence-corrected chi connectivity index (χ2v) is 8.40. The molecular formula is C23H20N10O4. The van der Waals surface area contributed by atoms with E-state index in [1.807, 2.05) is 18.2 Å². The summed E-state index contributed by atoms with van der Waals surface area (Å²) in [6.45, 7) is 0.547. The molecule has 2 aliphatic heterocycles. The normalized spacial score (nSPS) is 22.2. The molecule has 186 valence electrons. The number of nitriles is 1. The topological polar surface area (TPSA) is 167 Å². The number of amides is 2. The van der Waals surface area contributed by atoms with Crippen molar-refractivity contribution in [1.29, 1.82) is 5.26 Å². The predicted octanol–water partition coefficient (Wildman–Crippen LogP) is 1.45. The van der Waals surface area contributed by atoms with Crippen LogP contribution in [0, 0.1) is 11.3 Å². The van der Waals surface area contributed by atoms with E-state index in [1.54, 1.807) is 47.4 Å². The maximum absolute atomic E-state index is 12.5. The van der Waals surface area contributed by atoms with Crippen molar-refractivity contribution in [3.05, 3.63) is 66.7 Å². The summed E-state index contributed by atoms with van der Waals surface area (Å²) >= 11 is 0. The molecule has 4 heterocycles. The number of hydrogen-bond donors (Lipinski definition) is 2. The van der Waals surface area contributed by atoms with Crippen LogP contribution in [0.15, 0.2) is 61.2 Å². The van der Waals surface area contributed by atoms with Crippen LogP contribution in [0.2, 0.25) is 0 Å². The average molecular weight is 500 g/mol. The number of nitrogens with zero attached hydrogens (tertiary/aromatic N) is 8.